The van der Waals surface area contributed by atoms with Gasteiger partial charge >= 0.3 is 0 Å². The third-order valence-corrected chi connectivity index (χ3v) is 6.59. The summed E-state index contributed by atoms with van der Waals surface area (Å²) < 4.78 is 5.47. The summed E-state index contributed by atoms with van der Waals surface area (Å²) in [6, 6.07) is 4.36. The average molecular weight is 379 g/mol. The van der Waals surface area contributed by atoms with Gasteiger partial charge in [0.05, 0.1) is 19.8 Å². The van der Waals surface area contributed by atoms with Crippen molar-refractivity contribution in [2.75, 3.05) is 59.0 Å². The van der Waals surface area contributed by atoms with Crippen LogP contribution in [0.3, 0.4) is 0 Å². The van der Waals surface area contributed by atoms with Crippen molar-refractivity contribution in [3.8, 4) is 0 Å². The minimum Gasteiger partial charge on any atom is -0.379 e. The first kappa shape index (κ1) is 19.6. The smallest absolute Gasteiger partial charge is 0.193 e. The minimum atomic E-state index is 0.0851. The number of guanidine groups is 1. The summed E-state index contributed by atoms with van der Waals surface area (Å²) in [7, 11) is 0. The Hall–Kier alpha value is -1.11. The second-order valence-electron chi connectivity index (χ2n) is 8.05. The highest BCUT2D eigenvalue weighted by Gasteiger charge is 2.28. The molecule has 1 aromatic rings. The van der Waals surface area contributed by atoms with E-state index in [1.54, 1.807) is 0 Å². The van der Waals surface area contributed by atoms with Gasteiger partial charge in [-0.15, -0.1) is 11.3 Å². The van der Waals surface area contributed by atoms with Gasteiger partial charge in [0.15, 0.2) is 5.96 Å². The monoisotopic (exact) mass is 378 g/mol. The van der Waals surface area contributed by atoms with Crippen molar-refractivity contribution in [3.63, 3.8) is 0 Å². The van der Waals surface area contributed by atoms with Crippen molar-refractivity contribution in [1.82, 2.24) is 15.1 Å². The number of nitrogens with zero attached hydrogens (tertiary/aromatic N) is 3. The van der Waals surface area contributed by atoms with E-state index in [-0.39, 0.29) is 5.41 Å². The molecule has 1 atom stereocenters. The van der Waals surface area contributed by atoms with Crippen LogP contribution < -0.4 is 5.32 Å². The number of nitrogens with one attached hydrogen (secondary N) is 1. The van der Waals surface area contributed by atoms with Crippen LogP contribution in [0, 0.1) is 5.92 Å². The van der Waals surface area contributed by atoms with Crippen LogP contribution in [0.15, 0.2) is 22.5 Å². The molecule has 3 heterocycles. The summed E-state index contributed by atoms with van der Waals surface area (Å²) in [5, 5.41) is 5.67. The van der Waals surface area contributed by atoms with Gasteiger partial charge in [0, 0.05) is 49.6 Å². The number of ether oxygens (including phenoxy) is 1. The fraction of sp³-hybridized carbons (Fsp3) is 0.750. The first-order valence-electron chi connectivity index (χ1n) is 9.96. The third kappa shape index (κ3) is 5.21. The first-order chi connectivity index (χ1) is 12.6. The molecule has 0 radical (unpaired) electrons. The molecule has 0 spiro atoms. The molecule has 0 aromatic carbocycles. The molecule has 6 heteroatoms. The van der Waals surface area contributed by atoms with Crippen molar-refractivity contribution in [3.05, 3.63) is 22.4 Å². The Morgan fingerprint density at radius 2 is 2.15 bits per heavy atom. The molecule has 0 amide bonds. The number of aliphatic imine (C=N–C) groups is 1. The highest BCUT2D eigenvalue weighted by molar-refractivity contribution is 7.10. The van der Waals surface area contributed by atoms with E-state index >= 15 is 0 Å². The second kappa shape index (κ2) is 9.20. The molecular weight excluding hydrogens is 344 g/mol. The average Bonchev–Trinajstić information content (AvgIpc) is 3.32. The molecule has 1 N–H and O–H groups in total. The normalized spacial score (nSPS) is 22.8. The van der Waals surface area contributed by atoms with E-state index in [2.05, 4.69) is 53.4 Å². The Morgan fingerprint density at radius 3 is 2.85 bits per heavy atom. The zero-order valence-electron chi connectivity index (χ0n) is 16.5. The van der Waals surface area contributed by atoms with E-state index in [1.807, 2.05) is 11.3 Å². The van der Waals surface area contributed by atoms with E-state index < -0.39 is 0 Å². The maximum absolute atomic E-state index is 5.47. The summed E-state index contributed by atoms with van der Waals surface area (Å²) >= 11 is 1.83. The summed E-state index contributed by atoms with van der Waals surface area (Å²) in [6.07, 6.45) is 1.26. The van der Waals surface area contributed by atoms with Crippen LogP contribution in [0.2, 0.25) is 0 Å². The van der Waals surface area contributed by atoms with Crippen LogP contribution in [0.5, 0.6) is 0 Å². The number of likely N-dealkylation sites (tertiary alicyclic amines) is 1. The van der Waals surface area contributed by atoms with Crippen LogP contribution in [0.4, 0.5) is 0 Å². The Labute approximate surface area is 162 Å². The lowest BCUT2D eigenvalue weighted by atomic mass is 9.92. The van der Waals surface area contributed by atoms with Crippen LogP contribution in [-0.2, 0) is 10.2 Å². The van der Waals surface area contributed by atoms with Crippen molar-refractivity contribution < 1.29 is 4.74 Å². The molecule has 1 aromatic heterocycles. The number of hydrogen-bond donors (Lipinski definition) is 1. The molecule has 146 valence electrons. The number of thiophene rings is 1. The lowest BCUT2D eigenvalue weighted by molar-refractivity contribution is 0.0315. The topological polar surface area (TPSA) is 40.1 Å². The minimum absolute atomic E-state index is 0.0851. The Morgan fingerprint density at radius 1 is 1.35 bits per heavy atom. The van der Waals surface area contributed by atoms with Crippen LogP contribution in [0.25, 0.3) is 0 Å². The van der Waals surface area contributed by atoms with Crippen molar-refractivity contribution in [2.24, 2.45) is 10.9 Å². The van der Waals surface area contributed by atoms with Gasteiger partial charge in [0.2, 0.25) is 0 Å². The number of rotatable bonds is 6. The maximum Gasteiger partial charge on any atom is 0.193 e. The molecule has 2 saturated heterocycles. The lowest BCUT2D eigenvalue weighted by Crippen LogP contribution is -2.43. The molecule has 3 rings (SSSR count). The molecule has 2 fully saturated rings. The van der Waals surface area contributed by atoms with Crippen molar-refractivity contribution in [1.29, 1.82) is 0 Å². The molecule has 0 aliphatic carbocycles. The van der Waals surface area contributed by atoms with E-state index in [0.29, 0.717) is 0 Å². The van der Waals surface area contributed by atoms with Gasteiger partial charge < -0.3 is 15.0 Å². The first-order valence-corrected chi connectivity index (χ1v) is 10.8. The van der Waals surface area contributed by atoms with Gasteiger partial charge in [-0.2, -0.15) is 0 Å². The quantitative estimate of drug-likeness (QED) is 0.610. The largest absolute Gasteiger partial charge is 0.379 e. The SMILES string of the molecule is CCNC(=NCC(C)(C)c1cccs1)N1CCC(CN2CCOCC2)C1. The van der Waals surface area contributed by atoms with Gasteiger partial charge in [0.1, 0.15) is 0 Å². The Balaban J connectivity index is 1.57. The third-order valence-electron chi connectivity index (χ3n) is 5.35. The van der Waals surface area contributed by atoms with Gasteiger partial charge in [-0.05, 0) is 30.7 Å². The van der Waals surface area contributed by atoms with Crippen molar-refractivity contribution in [2.45, 2.75) is 32.6 Å². The van der Waals surface area contributed by atoms with E-state index in [0.717, 1.165) is 64.4 Å². The van der Waals surface area contributed by atoms with E-state index in [1.165, 1.54) is 17.8 Å². The zero-order chi connectivity index (χ0) is 18.4. The van der Waals surface area contributed by atoms with Crippen LogP contribution in [-0.4, -0.2) is 74.8 Å². The zero-order valence-corrected chi connectivity index (χ0v) is 17.4. The molecule has 26 heavy (non-hydrogen) atoms. The number of hydrogen-bond acceptors (Lipinski definition) is 4. The van der Waals surface area contributed by atoms with Crippen LogP contribution >= 0.6 is 11.3 Å². The molecule has 1 unspecified atom stereocenters. The maximum atomic E-state index is 5.47. The Kier molecular flexibility index (Phi) is 6.95. The summed E-state index contributed by atoms with van der Waals surface area (Å²) in [4.78, 5) is 11.4. The lowest BCUT2D eigenvalue weighted by Gasteiger charge is -2.29. The summed E-state index contributed by atoms with van der Waals surface area (Å²) in [6.45, 7) is 15.8. The standard InChI is InChI=1S/C20H34N4OS/c1-4-21-19(22-16-20(2,3)18-6-5-13-26-18)24-8-7-17(15-24)14-23-9-11-25-12-10-23/h5-6,13,17H,4,7-12,14-16H2,1-3H3,(H,21,22). The second-order valence-corrected chi connectivity index (χ2v) is 8.99. The van der Waals surface area contributed by atoms with Crippen molar-refractivity contribution >= 4 is 17.3 Å². The van der Waals surface area contributed by atoms with Gasteiger partial charge in [0.25, 0.3) is 0 Å². The molecular formula is C20H34N4OS. The van der Waals surface area contributed by atoms with Crippen LogP contribution in [0.1, 0.15) is 32.1 Å². The predicted octanol–water partition coefficient (Wildman–Crippen LogP) is 2.65. The summed E-state index contributed by atoms with van der Waals surface area (Å²) in [5.74, 6) is 1.82. The fourth-order valence-corrected chi connectivity index (χ4v) is 4.61. The van der Waals surface area contributed by atoms with Gasteiger partial charge in [-0.3, -0.25) is 9.89 Å². The molecule has 5 nitrogen and oxygen atoms in total. The highest BCUT2D eigenvalue weighted by atomic mass is 32.1. The van der Waals surface area contributed by atoms with Gasteiger partial charge in [-0.1, -0.05) is 19.9 Å². The molecule has 2 aliphatic rings. The van der Waals surface area contributed by atoms with E-state index in [9.17, 15) is 0 Å². The molecule has 0 bridgehead atoms. The molecule has 0 saturated carbocycles. The van der Waals surface area contributed by atoms with Gasteiger partial charge in [-0.25, -0.2) is 0 Å². The predicted molar refractivity (Wildman–Crippen MR) is 110 cm³/mol. The fourth-order valence-electron chi connectivity index (χ4n) is 3.76. The molecule has 2 aliphatic heterocycles. The highest BCUT2D eigenvalue weighted by Crippen LogP contribution is 2.28. The summed E-state index contributed by atoms with van der Waals surface area (Å²) in [5.41, 5.74) is 0.0851. The number of morpholine rings is 1. The Bertz CT molecular complexity index is 566. The van der Waals surface area contributed by atoms with E-state index in [4.69, 9.17) is 9.73 Å².